The van der Waals surface area contributed by atoms with E-state index < -0.39 is 0 Å². The van der Waals surface area contributed by atoms with E-state index in [1.807, 2.05) is 18.2 Å². The molecule has 0 atom stereocenters. The lowest BCUT2D eigenvalue weighted by atomic mass is 10.3. The molecule has 0 aliphatic carbocycles. The van der Waals surface area contributed by atoms with Gasteiger partial charge >= 0.3 is 0 Å². The van der Waals surface area contributed by atoms with E-state index in [9.17, 15) is 0 Å². The van der Waals surface area contributed by atoms with E-state index in [-0.39, 0.29) is 0 Å². The van der Waals surface area contributed by atoms with E-state index >= 15 is 0 Å². The van der Waals surface area contributed by atoms with Crippen molar-refractivity contribution >= 4 is 0 Å². The molecule has 1 rings (SSSR count). The quantitative estimate of drug-likeness (QED) is 0.440. The minimum Gasteiger partial charge on any atom is -0.481 e. The molecular weight excluding hydrogens is 112 g/mol. The minimum absolute atomic E-state index is 0.653. The van der Waals surface area contributed by atoms with Crippen molar-refractivity contribution in [3.05, 3.63) is 24.0 Å². The third-order valence-corrected chi connectivity index (χ3v) is 0.967. The van der Waals surface area contributed by atoms with Gasteiger partial charge in [-0.25, -0.2) is 0 Å². The van der Waals surface area contributed by atoms with Crippen molar-refractivity contribution in [1.29, 1.82) is 0 Å². The van der Waals surface area contributed by atoms with Crippen LogP contribution in [-0.4, -0.2) is 6.61 Å². The highest BCUT2D eigenvalue weighted by atomic mass is 16.5. The summed E-state index contributed by atoms with van der Waals surface area (Å²) in [4.78, 5) is 0. The molecule has 0 spiro atoms. The van der Waals surface area contributed by atoms with Crippen LogP contribution in [0.1, 0.15) is 6.92 Å². The van der Waals surface area contributed by atoms with Gasteiger partial charge in [0.25, 0.3) is 0 Å². The Bertz CT molecular complexity index is 200. The lowest BCUT2D eigenvalue weighted by molar-refractivity contribution is 0.261. The zero-order chi connectivity index (χ0) is 6.53. The van der Waals surface area contributed by atoms with Crippen LogP contribution in [0.3, 0.4) is 0 Å². The fourth-order valence-corrected chi connectivity index (χ4v) is 0.598. The standard InChI is InChI=1S/C8H8O/c1-2-5-8-6-3-4-7-9-8/h3-4,6H,7H2,1H3. The van der Waals surface area contributed by atoms with Gasteiger partial charge in [0.1, 0.15) is 6.61 Å². The van der Waals surface area contributed by atoms with Crippen molar-refractivity contribution < 1.29 is 4.74 Å². The Hall–Kier alpha value is -1.16. The van der Waals surface area contributed by atoms with E-state index in [1.54, 1.807) is 6.92 Å². The average molecular weight is 120 g/mol. The van der Waals surface area contributed by atoms with Crippen LogP contribution in [0.5, 0.6) is 0 Å². The van der Waals surface area contributed by atoms with Gasteiger partial charge in [-0.1, -0.05) is 12.0 Å². The van der Waals surface area contributed by atoms with Crippen molar-refractivity contribution in [1.82, 2.24) is 0 Å². The molecule has 1 heteroatoms. The van der Waals surface area contributed by atoms with Crippen LogP contribution in [0.15, 0.2) is 24.0 Å². The summed E-state index contributed by atoms with van der Waals surface area (Å²) >= 11 is 0. The molecule has 9 heavy (non-hydrogen) atoms. The van der Waals surface area contributed by atoms with Crippen LogP contribution in [0.4, 0.5) is 0 Å². The lowest BCUT2D eigenvalue weighted by Gasteiger charge is -2.03. The average Bonchev–Trinajstić information content (AvgIpc) is 1.91. The molecule has 0 aromatic heterocycles. The van der Waals surface area contributed by atoms with Gasteiger partial charge in [0.2, 0.25) is 0 Å². The smallest absolute Gasteiger partial charge is 0.170 e. The predicted molar refractivity (Wildman–Crippen MR) is 36.6 cm³/mol. The van der Waals surface area contributed by atoms with Crippen LogP contribution in [0.25, 0.3) is 0 Å². The van der Waals surface area contributed by atoms with Crippen molar-refractivity contribution in [2.75, 3.05) is 6.61 Å². The second-order valence-electron chi connectivity index (χ2n) is 1.65. The van der Waals surface area contributed by atoms with Crippen molar-refractivity contribution in [3.8, 4) is 11.8 Å². The molecule has 0 aromatic carbocycles. The molecule has 0 saturated carbocycles. The van der Waals surface area contributed by atoms with Crippen molar-refractivity contribution in [3.63, 3.8) is 0 Å². The molecule has 0 bridgehead atoms. The maximum Gasteiger partial charge on any atom is 0.170 e. The molecule has 0 unspecified atom stereocenters. The van der Waals surface area contributed by atoms with Gasteiger partial charge in [-0.05, 0) is 25.0 Å². The number of hydrogen-bond donors (Lipinski definition) is 0. The molecule has 1 aliphatic heterocycles. The van der Waals surface area contributed by atoms with Gasteiger partial charge in [0.05, 0.1) is 0 Å². The van der Waals surface area contributed by atoms with Crippen LogP contribution in [-0.2, 0) is 4.74 Å². The molecule has 46 valence electrons. The predicted octanol–water partition coefficient (Wildman–Crippen LogP) is 1.48. The summed E-state index contributed by atoms with van der Waals surface area (Å²) in [6.45, 7) is 2.45. The van der Waals surface area contributed by atoms with E-state index in [2.05, 4.69) is 11.8 Å². The maximum absolute atomic E-state index is 5.12. The first-order valence-electron chi connectivity index (χ1n) is 2.86. The normalized spacial score (nSPS) is 15.0. The second kappa shape index (κ2) is 2.99. The van der Waals surface area contributed by atoms with Crippen molar-refractivity contribution in [2.24, 2.45) is 0 Å². The van der Waals surface area contributed by atoms with Crippen LogP contribution < -0.4 is 0 Å². The molecule has 0 saturated heterocycles. The summed E-state index contributed by atoms with van der Waals surface area (Å²) in [6, 6.07) is 0. The summed E-state index contributed by atoms with van der Waals surface area (Å²) in [5, 5.41) is 0. The Morgan fingerprint density at radius 1 is 1.67 bits per heavy atom. The first kappa shape index (κ1) is 5.97. The first-order chi connectivity index (χ1) is 4.43. The third kappa shape index (κ3) is 1.65. The Kier molecular flexibility index (Phi) is 1.98. The van der Waals surface area contributed by atoms with E-state index in [4.69, 9.17) is 4.74 Å². The second-order valence-corrected chi connectivity index (χ2v) is 1.65. The number of rotatable bonds is 0. The minimum atomic E-state index is 0.653. The van der Waals surface area contributed by atoms with E-state index in [0.717, 1.165) is 5.76 Å². The third-order valence-electron chi connectivity index (χ3n) is 0.967. The number of allylic oxidation sites excluding steroid dienone is 3. The topological polar surface area (TPSA) is 9.23 Å². The molecule has 0 amide bonds. The molecule has 0 fully saturated rings. The number of ether oxygens (including phenoxy) is 1. The molecule has 0 radical (unpaired) electrons. The van der Waals surface area contributed by atoms with Gasteiger partial charge in [0, 0.05) is 0 Å². The van der Waals surface area contributed by atoms with Gasteiger partial charge < -0.3 is 4.74 Å². The Morgan fingerprint density at radius 2 is 2.56 bits per heavy atom. The maximum atomic E-state index is 5.12. The highest BCUT2D eigenvalue weighted by molar-refractivity contribution is 5.28. The summed E-state index contributed by atoms with van der Waals surface area (Å²) < 4.78 is 5.12. The van der Waals surface area contributed by atoms with Crippen LogP contribution >= 0.6 is 0 Å². The highest BCUT2D eigenvalue weighted by Crippen LogP contribution is 2.00. The molecule has 1 nitrogen and oxygen atoms in total. The Balaban J connectivity index is 2.65. The van der Waals surface area contributed by atoms with Gasteiger partial charge in [0.15, 0.2) is 5.76 Å². The van der Waals surface area contributed by atoms with Crippen LogP contribution in [0, 0.1) is 11.8 Å². The van der Waals surface area contributed by atoms with Gasteiger partial charge in [-0.15, -0.1) is 0 Å². The van der Waals surface area contributed by atoms with E-state index in [0.29, 0.717) is 6.61 Å². The molecular formula is C8H8O. The molecule has 1 heterocycles. The first-order valence-corrected chi connectivity index (χ1v) is 2.86. The monoisotopic (exact) mass is 120 g/mol. The number of hydrogen-bond acceptors (Lipinski definition) is 1. The summed E-state index contributed by atoms with van der Waals surface area (Å²) in [5.74, 6) is 6.35. The molecule has 1 aliphatic rings. The fourth-order valence-electron chi connectivity index (χ4n) is 0.598. The molecule has 0 aromatic rings. The van der Waals surface area contributed by atoms with E-state index in [1.165, 1.54) is 0 Å². The molecule has 0 N–H and O–H groups in total. The largest absolute Gasteiger partial charge is 0.481 e. The summed E-state index contributed by atoms with van der Waals surface area (Å²) in [7, 11) is 0. The lowest BCUT2D eigenvalue weighted by Crippen LogP contribution is -1.92. The van der Waals surface area contributed by atoms with Crippen LogP contribution in [0.2, 0.25) is 0 Å². The summed E-state index contributed by atoms with van der Waals surface area (Å²) in [5.41, 5.74) is 0. The summed E-state index contributed by atoms with van der Waals surface area (Å²) in [6.07, 6.45) is 5.75. The van der Waals surface area contributed by atoms with Crippen molar-refractivity contribution in [2.45, 2.75) is 6.92 Å². The SMILES string of the molecule is CC#CC1=CC=CCO1. The fraction of sp³-hybridized carbons (Fsp3) is 0.250. The zero-order valence-electron chi connectivity index (χ0n) is 5.35. The highest BCUT2D eigenvalue weighted by Gasteiger charge is 1.92. The Morgan fingerprint density at radius 3 is 3.11 bits per heavy atom. The Labute approximate surface area is 55.0 Å². The van der Waals surface area contributed by atoms with Gasteiger partial charge in [-0.2, -0.15) is 0 Å². The zero-order valence-corrected chi connectivity index (χ0v) is 5.35. The van der Waals surface area contributed by atoms with Gasteiger partial charge in [-0.3, -0.25) is 0 Å².